The maximum atomic E-state index is 9.91. The quantitative estimate of drug-likeness (QED) is 0.815. The summed E-state index contributed by atoms with van der Waals surface area (Å²) in [5.41, 5.74) is 3.35. The number of imidazole rings is 1. The molecular weight excluding hydrogens is 212 g/mol. The topological polar surface area (TPSA) is 38.0 Å². The first-order valence-electron chi connectivity index (χ1n) is 6.07. The molecule has 1 atom stereocenters. The van der Waals surface area contributed by atoms with E-state index in [0.29, 0.717) is 0 Å². The summed E-state index contributed by atoms with van der Waals surface area (Å²) in [7, 11) is 0. The molecular formula is C14H16N2O. The zero-order valence-corrected chi connectivity index (χ0v) is 9.93. The van der Waals surface area contributed by atoms with Gasteiger partial charge in [0.2, 0.25) is 0 Å². The van der Waals surface area contributed by atoms with Crippen LogP contribution in [-0.2, 0) is 6.54 Å². The summed E-state index contributed by atoms with van der Waals surface area (Å²) < 4.78 is 2.08. The third-order valence-electron chi connectivity index (χ3n) is 3.40. The number of aryl methyl sites for hydroxylation is 2. The first-order valence-corrected chi connectivity index (χ1v) is 6.07. The highest BCUT2D eigenvalue weighted by Gasteiger charge is 2.21. The first-order chi connectivity index (χ1) is 8.25. The molecule has 1 aromatic carbocycles. The van der Waals surface area contributed by atoms with Crippen LogP contribution in [0.25, 0.3) is 11.3 Å². The number of aliphatic hydroxyl groups is 1. The van der Waals surface area contributed by atoms with E-state index in [1.165, 1.54) is 5.56 Å². The fourth-order valence-electron chi connectivity index (χ4n) is 2.45. The van der Waals surface area contributed by atoms with E-state index in [1.807, 2.05) is 12.1 Å². The Balaban J connectivity index is 2.08. The summed E-state index contributed by atoms with van der Waals surface area (Å²) in [6.45, 7) is 3.05. The van der Waals surface area contributed by atoms with Gasteiger partial charge in [-0.2, -0.15) is 0 Å². The van der Waals surface area contributed by atoms with Gasteiger partial charge in [-0.3, -0.25) is 0 Å². The van der Waals surface area contributed by atoms with Gasteiger partial charge in [-0.25, -0.2) is 4.98 Å². The third-order valence-corrected chi connectivity index (χ3v) is 3.40. The molecule has 0 amide bonds. The van der Waals surface area contributed by atoms with E-state index in [-0.39, 0.29) is 0 Å². The fraction of sp³-hybridized carbons (Fsp3) is 0.357. The largest absolute Gasteiger partial charge is 0.385 e. The molecule has 1 aliphatic rings. The van der Waals surface area contributed by atoms with Gasteiger partial charge in [0, 0.05) is 18.3 Å². The Kier molecular flexibility index (Phi) is 2.48. The molecule has 1 aromatic heterocycles. The highest BCUT2D eigenvalue weighted by molar-refractivity contribution is 5.63. The number of aromatic nitrogens is 2. The lowest BCUT2D eigenvalue weighted by Crippen LogP contribution is -2.14. The lowest BCUT2D eigenvalue weighted by molar-refractivity contribution is 0.134. The van der Waals surface area contributed by atoms with Gasteiger partial charge in [-0.15, -0.1) is 0 Å². The van der Waals surface area contributed by atoms with Crippen molar-refractivity contribution >= 4 is 0 Å². The van der Waals surface area contributed by atoms with Crippen molar-refractivity contribution in [1.82, 2.24) is 9.55 Å². The predicted molar refractivity (Wildman–Crippen MR) is 66.6 cm³/mol. The highest BCUT2D eigenvalue weighted by Crippen LogP contribution is 2.29. The van der Waals surface area contributed by atoms with Crippen LogP contribution in [0.15, 0.2) is 30.5 Å². The number of nitrogens with zero attached hydrogens (tertiary/aromatic N) is 2. The van der Waals surface area contributed by atoms with Crippen LogP contribution < -0.4 is 0 Å². The summed E-state index contributed by atoms with van der Waals surface area (Å²) in [5.74, 6) is 0.814. The molecule has 17 heavy (non-hydrogen) atoms. The predicted octanol–water partition coefficient (Wildman–Crippen LogP) is 2.69. The number of rotatable bonds is 1. The zero-order valence-electron chi connectivity index (χ0n) is 9.93. The monoisotopic (exact) mass is 228 g/mol. The van der Waals surface area contributed by atoms with Crippen LogP contribution in [-0.4, -0.2) is 14.7 Å². The standard InChI is InChI=1S/C14H16N2O/c1-10-5-2-3-6-11(10)12-9-16-8-4-7-13(17)14(16)15-12/h2-3,5-6,9,13,17H,4,7-8H2,1H3. The SMILES string of the molecule is Cc1ccccc1-c1cn2c(n1)C(O)CCC2. The number of fused-ring (bicyclic) bond motifs is 1. The van der Waals surface area contributed by atoms with E-state index >= 15 is 0 Å². The molecule has 0 aliphatic carbocycles. The molecule has 0 bridgehead atoms. The highest BCUT2D eigenvalue weighted by atomic mass is 16.3. The van der Waals surface area contributed by atoms with Crippen LogP contribution >= 0.6 is 0 Å². The number of hydrogen-bond donors (Lipinski definition) is 1. The Bertz CT molecular complexity index is 545. The molecule has 3 heteroatoms. The van der Waals surface area contributed by atoms with E-state index in [1.54, 1.807) is 0 Å². The van der Waals surface area contributed by atoms with Crippen molar-refractivity contribution in [3.8, 4) is 11.3 Å². The van der Waals surface area contributed by atoms with Crippen molar-refractivity contribution in [3.05, 3.63) is 41.9 Å². The molecule has 2 heterocycles. The molecule has 1 unspecified atom stereocenters. The summed E-state index contributed by atoms with van der Waals surface area (Å²) in [6, 6.07) is 8.22. The molecule has 3 rings (SSSR count). The van der Waals surface area contributed by atoms with Gasteiger partial charge in [-0.1, -0.05) is 24.3 Å². The Morgan fingerprint density at radius 3 is 2.94 bits per heavy atom. The van der Waals surface area contributed by atoms with Gasteiger partial charge in [-0.05, 0) is 25.3 Å². The Labute approximate surface area is 101 Å². The molecule has 3 nitrogen and oxygen atoms in total. The van der Waals surface area contributed by atoms with Crippen LogP contribution in [0.4, 0.5) is 0 Å². The lowest BCUT2D eigenvalue weighted by Gasteiger charge is -2.18. The Hall–Kier alpha value is -1.61. The van der Waals surface area contributed by atoms with Crippen LogP contribution in [0.3, 0.4) is 0 Å². The van der Waals surface area contributed by atoms with Crippen LogP contribution in [0.2, 0.25) is 0 Å². The third kappa shape index (κ3) is 1.76. The fourth-order valence-corrected chi connectivity index (χ4v) is 2.45. The maximum Gasteiger partial charge on any atom is 0.138 e. The lowest BCUT2D eigenvalue weighted by atomic mass is 10.1. The van der Waals surface area contributed by atoms with Gasteiger partial charge in [0.05, 0.1) is 5.69 Å². The van der Waals surface area contributed by atoms with Crippen molar-refractivity contribution in [3.63, 3.8) is 0 Å². The van der Waals surface area contributed by atoms with Crippen molar-refractivity contribution in [1.29, 1.82) is 0 Å². The van der Waals surface area contributed by atoms with Gasteiger partial charge in [0.1, 0.15) is 11.9 Å². The van der Waals surface area contributed by atoms with E-state index in [2.05, 4.69) is 34.8 Å². The molecule has 1 aliphatic heterocycles. The second kappa shape index (κ2) is 4.00. The molecule has 2 aromatic rings. The minimum atomic E-state index is -0.401. The number of benzene rings is 1. The summed E-state index contributed by atoms with van der Waals surface area (Å²) in [6.07, 6.45) is 3.50. The van der Waals surface area contributed by atoms with Gasteiger partial charge >= 0.3 is 0 Å². The van der Waals surface area contributed by atoms with E-state index < -0.39 is 6.10 Å². The number of aliphatic hydroxyl groups excluding tert-OH is 1. The van der Waals surface area contributed by atoms with Gasteiger partial charge in [0.25, 0.3) is 0 Å². The summed E-state index contributed by atoms with van der Waals surface area (Å²) in [5, 5.41) is 9.91. The van der Waals surface area contributed by atoms with Crippen LogP contribution in [0.1, 0.15) is 30.3 Å². The van der Waals surface area contributed by atoms with Gasteiger partial charge in [0.15, 0.2) is 0 Å². The summed E-state index contributed by atoms with van der Waals surface area (Å²) >= 11 is 0. The molecule has 0 saturated carbocycles. The van der Waals surface area contributed by atoms with Crippen LogP contribution in [0, 0.1) is 6.92 Å². The van der Waals surface area contributed by atoms with E-state index in [4.69, 9.17) is 0 Å². The molecule has 0 radical (unpaired) electrons. The first kappa shape index (κ1) is 10.5. The minimum Gasteiger partial charge on any atom is -0.385 e. The average Bonchev–Trinajstić information content (AvgIpc) is 2.75. The Morgan fingerprint density at radius 1 is 1.35 bits per heavy atom. The number of hydrogen-bond acceptors (Lipinski definition) is 2. The summed E-state index contributed by atoms with van der Waals surface area (Å²) in [4.78, 5) is 4.58. The van der Waals surface area contributed by atoms with Crippen molar-refractivity contribution < 1.29 is 5.11 Å². The van der Waals surface area contributed by atoms with E-state index in [0.717, 1.165) is 36.5 Å². The van der Waals surface area contributed by atoms with Crippen molar-refractivity contribution in [2.45, 2.75) is 32.4 Å². The molecule has 0 saturated heterocycles. The molecule has 0 fully saturated rings. The van der Waals surface area contributed by atoms with Gasteiger partial charge < -0.3 is 9.67 Å². The molecule has 0 spiro atoms. The second-order valence-corrected chi connectivity index (χ2v) is 4.65. The van der Waals surface area contributed by atoms with E-state index in [9.17, 15) is 5.11 Å². The van der Waals surface area contributed by atoms with Crippen molar-refractivity contribution in [2.24, 2.45) is 0 Å². The minimum absolute atomic E-state index is 0.401. The van der Waals surface area contributed by atoms with Crippen molar-refractivity contribution in [2.75, 3.05) is 0 Å². The maximum absolute atomic E-state index is 9.91. The average molecular weight is 228 g/mol. The zero-order chi connectivity index (χ0) is 11.8. The van der Waals surface area contributed by atoms with Crippen LogP contribution in [0.5, 0.6) is 0 Å². The Morgan fingerprint density at radius 2 is 2.18 bits per heavy atom. The smallest absolute Gasteiger partial charge is 0.138 e. The molecule has 1 N–H and O–H groups in total. The normalized spacial score (nSPS) is 19.1. The molecule has 88 valence electrons. The second-order valence-electron chi connectivity index (χ2n) is 4.65.